The van der Waals surface area contributed by atoms with Gasteiger partial charge in [0.1, 0.15) is 17.4 Å². The number of primary amides is 1. The molecule has 0 spiro atoms. The van der Waals surface area contributed by atoms with Crippen molar-refractivity contribution < 1.29 is 13.9 Å². The first-order chi connectivity index (χ1) is 14.0. The van der Waals surface area contributed by atoms with Crippen LogP contribution in [-0.2, 0) is 4.79 Å². The summed E-state index contributed by atoms with van der Waals surface area (Å²) in [6.45, 7) is 1.74. The van der Waals surface area contributed by atoms with Gasteiger partial charge >= 0.3 is 0 Å². The Morgan fingerprint density at radius 2 is 2.14 bits per heavy atom. The fourth-order valence-electron chi connectivity index (χ4n) is 4.01. The Kier molecular flexibility index (Phi) is 3.85. The summed E-state index contributed by atoms with van der Waals surface area (Å²) in [5.74, 6) is -0.0495. The van der Waals surface area contributed by atoms with E-state index in [0.717, 1.165) is 5.56 Å². The molecule has 0 radical (unpaired) electrons. The molecule has 29 heavy (non-hydrogen) atoms. The number of para-hydroxylation sites is 1. The molecule has 0 saturated carbocycles. The highest BCUT2D eigenvalue weighted by molar-refractivity contribution is 7.07. The zero-order valence-electron chi connectivity index (χ0n) is 15.4. The lowest BCUT2D eigenvalue weighted by molar-refractivity contribution is -0.133. The van der Waals surface area contributed by atoms with Crippen LogP contribution in [0.15, 0.2) is 62.9 Å². The lowest BCUT2D eigenvalue weighted by Gasteiger charge is -2.44. The summed E-state index contributed by atoms with van der Waals surface area (Å²) >= 11 is 1.26. The number of rotatable bonds is 3. The molecule has 1 aromatic carbocycles. The van der Waals surface area contributed by atoms with Crippen molar-refractivity contribution in [1.82, 2.24) is 4.57 Å². The van der Waals surface area contributed by atoms with Gasteiger partial charge in [0.05, 0.1) is 16.8 Å². The summed E-state index contributed by atoms with van der Waals surface area (Å²) in [4.78, 5) is 30.7. The van der Waals surface area contributed by atoms with E-state index in [1.54, 1.807) is 42.0 Å². The van der Waals surface area contributed by atoms with Gasteiger partial charge in [-0.05, 0) is 37.3 Å². The van der Waals surface area contributed by atoms with Crippen LogP contribution in [0, 0.1) is 5.92 Å². The van der Waals surface area contributed by atoms with Gasteiger partial charge in [-0.1, -0.05) is 35.6 Å². The molecule has 5 rings (SSSR count). The van der Waals surface area contributed by atoms with E-state index in [1.165, 1.54) is 11.3 Å². The second-order valence-electron chi connectivity index (χ2n) is 7.10. The van der Waals surface area contributed by atoms with Crippen LogP contribution in [0.2, 0.25) is 0 Å². The Morgan fingerprint density at radius 3 is 2.90 bits per heavy atom. The van der Waals surface area contributed by atoms with Gasteiger partial charge in [0.25, 0.3) is 5.56 Å². The molecule has 0 saturated heterocycles. The number of furan rings is 1. The molecule has 4 heterocycles. The molecule has 2 bridgehead atoms. The fourth-order valence-corrected chi connectivity index (χ4v) is 5.06. The molecular weight excluding hydrogens is 390 g/mol. The maximum Gasteiger partial charge on any atom is 0.270 e. The van der Waals surface area contributed by atoms with Gasteiger partial charge in [0.15, 0.2) is 4.80 Å². The molecule has 2 aliphatic rings. The number of allylic oxidation sites excluding steroid dienone is 1. The summed E-state index contributed by atoms with van der Waals surface area (Å²) < 4.78 is 13.4. The van der Waals surface area contributed by atoms with E-state index in [9.17, 15) is 9.59 Å². The topological polar surface area (TPSA) is 99.8 Å². The van der Waals surface area contributed by atoms with Gasteiger partial charge < -0.3 is 14.9 Å². The highest BCUT2D eigenvalue weighted by Crippen LogP contribution is 2.46. The van der Waals surface area contributed by atoms with E-state index in [1.807, 2.05) is 30.3 Å². The number of aromatic nitrogens is 1. The summed E-state index contributed by atoms with van der Waals surface area (Å²) in [6.07, 6.45) is 6.82. The van der Waals surface area contributed by atoms with Crippen LogP contribution in [0.25, 0.3) is 12.2 Å². The summed E-state index contributed by atoms with van der Waals surface area (Å²) in [5, 5.41) is 0. The van der Waals surface area contributed by atoms with Gasteiger partial charge in [0.2, 0.25) is 11.6 Å². The molecule has 3 atom stereocenters. The minimum Gasteiger partial charge on any atom is -0.465 e. The second-order valence-corrected chi connectivity index (χ2v) is 8.11. The molecule has 2 aromatic heterocycles. The second kappa shape index (κ2) is 6.31. The van der Waals surface area contributed by atoms with E-state index in [-0.39, 0.29) is 5.56 Å². The van der Waals surface area contributed by atoms with E-state index < -0.39 is 23.6 Å². The number of hydrogen-bond acceptors (Lipinski definition) is 6. The van der Waals surface area contributed by atoms with E-state index >= 15 is 0 Å². The number of nitrogens with zero attached hydrogens (tertiary/aromatic N) is 2. The van der Waals surface area contributed by atoms with Crippen LogP contribution in [-0.4, -0.2) is 16.2 Å². The first kappa shape index (κ1) is 17.7. The van der Waals surface area contributed by atoms with Gasteiger partial charge in [-0.25, -0.2) is 4.99 Å². The molecule has 1 amide bonds. The van der Waals surface area contributed by atoms with Gasteiger partial charge in [-0.2, -0.15) is 0 Å². The minimum atomic E-state index is -1.16. The van der Waals surface area contributed by atoms with Crippen molar-refractivity contribution in [2.45, 2.75) is 18.7 Å². The van der Waals surface area contributed by atoms with Gasteiger partial charge in [0, 0.05) is 5.56 Å². The molecule has 2 aliphatic heterocycles. The maximum absolute atomic E-state index is 13.2. The number of carbonyl (C=O) groups excluding carboxylic acids is 1. The Labute approximate surface area is 169 Å². The van der Waals surface area contributed by atoms with Crippen molar-refractivity contribution in [1.29, 1.82) is 0 Å². The monoisotopic (exact) mass is 407 g/mol. The molecule has 7 nitrogen and oxygen atoms in total. The van der Waals surface area contributed by atoms with Crippen LogP contribution < -0.4 is 25.4 Å². The predicted octanol–water partition coefficient (Wildman–Crippen LogP) is 1.43. The fraction of sp³-hybridized carbons (Fsp3) is 0.190. The third kappa shape index (κ3) is 2.67. The lowest BCUT2D eigenvalue weighted by Crippen LogP contribution is -2.59. The first-order valence-electron chi connectivity index (χ1n) is 9.08. The number of fused-ring (bicyclic) bond motifs is 6. The SMILES string of the molecule is CC12N=c3sc(=CC=Cc4ccco4)c(=O)n3C(c3ccccc3O1)C2C(N)=O. The van der Waals surface area contributed by atoms with Crippen molar-refractivity contribution in [3.05, 3.63) is 79.7 Å². The van der Waals surface area contributed by atoms with Crippen molar-refractivity contribution in [2.75, 3.05) is 0 Å². The van der Waals surface area contributed by atoms with Gasteiger partial charge in [-0.3, -0.25) is 14.2 Å². The molecular formula is C21H17N3O4S. The van der Waals surface area contributed by atoms with Crippen LogP contribution in [0.1, 0.15) is 24.3 Å². The third-order valence-electron chi connectivity index (χ3n) is 5.24. The Morgan fingerprint density at radius 1 is 1.31 bits per heavy atom. The van der Waals surface area contributed by atoms with Crippen molar-refractivity contribution in [2.24, 2.45) is 16.6 Å². The van der Waals surface area contributed by atoms with E-state index in [4.69, 9.17) is 14.9 Å². The third-order valence-corrected chi connectivity index (χ3v) is 6.24. The zero-order chi connectivity index (χ0) is 20.2. The average molecular weight is 407 g/mol. The largest absolute Gasteiger partial charge is 0.465 e. The minimum absolute atomic E-state index is 0.215. The maximum atomic E-state index is 13.2. The van der Waals surface area contributed by atoms with Crippen molar-refractivity contribution in [3.63, 3.8) is 0 Å². The summed E-state index contributed by atoms with van der Waals surface area (Å²) in [7, 11) is 0. The van der Waals surface area contributed by atoms with Crippen LogP contribution in [0.4, 0.5) is 0 Å². The average Bonchev–Trinajstić information content (AvgIpc) is 3.29. The Hall–Kier alpha value is -3.39. The predicted molar refractivity (Wildman–Crippen MR) is 108 cm³/mol. The number of thiazole rings is 1. The zero-order valence-corrected chi connectivity index (χ0v) is 16.3. The quantitative estimate of drug-likeness (QED) is 0.710. The lowest BCUT2D eigenvalue weighted by atomic mass is 9.81. The molecule has 3 unspecified atom stereocenters. The number of nitrogens with two attached hydrogens (primary N) is 1. The number of amides is 1. The van der Waals surface area contributed by atoms with E-state index in [2.05, 4.69) is 4.99 Å². The van der Waals surface area contributed by atoms with Gasteiger partial charge in [-0.15, -0.1) is 0 Å². The molecule has 2 N–H and O–H groups in total. The smallest absolute Gasteiger partial charge is 0.270 e. The Balaban J connectivity index is 1.72. The molecule has 146 valence electrons. The number of carbonyl (C=O) groups is 1. The van der Waals surface area contributed by atoms with Crippen molar-refractivity contribution in [3.8, 4) is 5.75 Å². The number of benzene rings is 1. The summed E-state index contributed by atoms with van der Waals surface area (Å²) in [5.41, 5.74) is 5.10. The van der Waals surface area contributed by atoms with Crippen LogP contribution >= 0.6 is 11.3 Å². The normalized spacial score (nSPS) is 25.2. The molecule has 3 aromatic rings. The number of hydrogen-bond donors (Lipinski definition) is 1. The van der Waals surface area contributed by atoms with Crippen molar-refractivity contribution >= 4 is 29.4 Å². The first-order valence-corrected chi connectivity index (χ1v) is 9.90. The standard InChI is InChI=1S/C21H17N3O4S/c1-21-16(18(22)25)17(13-8-2-3-9-14(13)28-21)24-19(26)15(29-20(24)23-21)10-4-6-12-7-5-11-27-12/h2-11,16-17H,1H3,(H2,22,25). The highest BCUT2D eigenvalue weighted by Gasteiger charge is 2.54. The van der Waals surface area contributed by atoms with Crippen LogP contribution in [0.5, 0.6) is 5.75 Å². The molecule has 0 fully saturated rings. The highest BCUT2D eigenvalue weighted by atomic mass is 32.1. The van der Waals surface area contributed by atoms with Crippen LogP contribution in [0.3, 0.4) is 0 Å². The Bertz CT molecular complexity index is 1320. The number of ether oxygens (including phenoxy) is 1. The summed E-state index contributed by atoms with van der Waals surface area (Å²) in [6, 6.07) is 10.4. The molecule has 0 aliphatic carbocycles. The van der Waals surface area contributed by atoms with E-state index in [0.29, 0.717) is 20.8 Å². The molecule has 8 heteroatoms.